The van der Waals surface area contributed by atoms with Gasteiger partial charge in [0.15, 0.2) is 5.96 Å². The SMILES string of the molecule is CCN1CCC(CCNC(=NC)NCCCOc2ccccc2)CC1. The average molecular weight is 347 g/mol. The summed E-state index contributed by atoms with van der Waals surface area (Å²) in [7, 11) is 1.83. The lowest BCUT2D eigenvalue weighted by Gasteiger charge is -2.31. The lowest BCUT2D eigenvalue weighted by Crippen LogP contribution is -2.40. The molecule has 0 radical (unpaired) electrons. The number of likely N-dealkylation sites (tertiary alicyclic amines) is 1. The molecule has 0 bridgehead atoms. The second kappa shape index (κ2) is 11.7. The maximum absolute atomic E-state index is 5.70. The van der Waals surface area contributed by atoms with Gasteiger partial charge in [0.25, 0.3) is 0 Å². The van der Waals surface area contributed by atoms with Gasteiger partial charge in [0.05, 0.1) is 6.61 Å². The molecule has 2 rings (SSSR count). The lowest BCUT2D eigenvalue weighted by molar-refractivity contribution is 0.187. The zero-order valence-electron chi connectivity index (χ0n) is 15.8. The van der Waals surface area contributed by atoms with Crippen molar-refractivity contribution in [1.82, 2.24) is 15.5 Å². The van der Waals surface area contributed by atoms with Crippen LogP contribution in [0.3, 0.4) is 0 Å². The quantitative estimate of drug-likeness (QED) is 0.410. The fourth-order valence-corrected chi connectivity index (χ4v) is 3.19. The number of hydrogen-bond donors (Lipinski definition) is 2. The van der Waals surface area contributed by atoms with Crippen molar-refractivity contribution in [2.75, 3.05) is 46.4 Å². The minimum Gasteiger partial charge on any atom is -0.494 e. The first-order chi connectivity index (χ1) is 12.3. The van der Waals surface area contributed by atoms with E-state index < -0.39 is 0 Å². The first kappa shape index (κ1) is 19.6. The highest BCUT2D eigenvalue weighted by atomic mass is 16.5. The number of nitrogens with one attached hydrogen (secondary N) is 2. The monoisotopic (exact) mass is 346 g/mol. The normalized spacial score (nSPS) is 16.6. The van der Waals surface area contributed by atoms with E-state index in [4.69, 9.17) is 4.74 Å². The molecule has 1 heterocycles. The van der Waals surface area contributed by atoms with Crippen molar-refractivity contribution < 1.29 is 4.74 Å². The predicted molar refractivity (Wildman–Crippen MR) is 105 cm³/mol. The molecule has 0 unspecified atom stereocenters. The van der Waals surface area contributed by atoms with Crippen molar-refractivity contribution >= 4 is 5.96 Å². The van der Waals surface area contributed by atoms with Crippen LogP contribution in [0.1, 0.15) is 32.6 Å². The third-order valence-electron chi connectivity index (χ3n) is 4.85. The van der Waals surface area contributed by atoms with Crippen LogP contribution in [0.25, 0.3) is 0 Å². The minimum absolute atomic E-state index is 0.712. The van der Waals surface area contributed by atoms with E-state index in [0.29, 0.717) is 6.61 Å². The summed E-state index contributed by atoms with van der Waals surface area (Å²) in [6, 6.07) is 9.95. The Bertz CT molecular complexity index is 484. The number of para-hydroxylation sites is 1. The highest BCUT2D eigenvalue weighted by Gasteiger charge is 2.17. The summed E-state index contributed by atoms with van der Waals surface area (Å²) in [4.78, 5) is 6.84. The third-order valence-corrected chi connectivity index (χ3v) is 4.85. The molecule has 0 aliphatic carbocycles. The lowest BCUT2D eigenvalue weighted by atomic mass is 9.93. The van der Waals surface area contributed by atoms with Gasteiger partial charge in [0.1, 0.15) is 5.75 Å². The van der Waals surface area contributed by atoms with Gasteiger partial charge in [0.2, 0.25) is 0 Å². The van der Waals surface area contributed by atoms with E-state index in [9.17, 15) is 0 Å². The standard InChI is InChI=1S/C20H34N4O/c1-3-24-15-11-18(12-16-24)10-14-23-20(21-2)22-13-7-17-25-19-8-5-4-6-9-19/h4-6,8-9,18H,3,7,10-17H2,1-2H3,(H2,21,22,23). The van der Waals surface area contributed by atoms with Gasteiger partial charge in [0, 0.05) is 20.1 Å². The van der Waals surface area contributed by atoms with E-state index in [1.807, 2.05) is 37.4 Å². The van der Waals surface area contributed by atoms with Crippen LogP contribution in [-0.4, -0.2) is 57.2 Å². The molecule has 25 heavy (non-hydrogen) atoms. The molecule has 0 aromatic heterocycles. The van der Waals surface area contributed by atoms with Gasteiger partial charge in [-0.1, -0.05) is 25.1 Å². The van der Waals surface area contributed by atoms with Gasteiger partial charge in [-0.05, 0) is 63.4 Å². The number of piperidine rings is 1. The molecule has 1 fully saturated rings. The van der Waals surface area contributed by atoms with E-state index in [2.05, 4.69) is 27.4 Å². The Labute approximate surface area is 152 Å². The Morgan fingerprint density at radius 1 is 1.16 bits per heavy atom. The van der Waals surface area contributed by atoms with Crippen LogP contribution in [0.2, 0.25) is 0 Å². The predicted octanol–water partition coefficient (Wildman–Crippen LogP) is 2.74. The summed E-state index contributed by atoms with van der Waals surface area (Å²) in [5.41, 5.74) is 0. The van der Waals surface area contributed by atoms with Gasteiger partial charge < -0.3 is 20.3 Å². The molecule has 0 atom stereocenters. The Hall–Kier alpha value is -1.75. The Morgan fingerprint density at radius 2 is 1.88 bits per heavy atom. The van der Waals surface area contributed by atoms with Crippen molar-refractivity contribution in [3.63, 3.8) is 0 Å². The molecule has 140 valence electrons. The molecule has 1 saturated heterocycles. The number of aliphatic imine (C=N–C) groups is 1. The van der Waals surface area contributed by atoms with Crippen LogP contribution >= 0.6 is 0 Å². The van der Waals surface area contributed by atoms with Crippen LogP contribution in [0.4, 0.5) is 0 Å². The number of ether oxygens (including phenoxy) is 1. The molecule has 0 amide bonds. The molecule has 5 heteroatoms. The van der Waals surface area contributed by atoms with Crippen molar-refractivity contribution in [2.24, 2.45) is 10.9 Å². The summed E-state index contributed by atoms with van der Waals surface area (Å²) in [5, 5.41) is 6.80. The van der Waals surface area contributed by atoms with Gasteiger partial charge in [-0.25, -0.2) is 0 Å². The van der Waals surface area contributed by atoms with E-state index >= 15 is 0 Å². The molecule has 5 nitrogen and oxygen atoms in total. The largest absolute Gasteiger partial charge is 0.494 e. The maximum atomic E-state index is 5.70. The van der Waals surface area contributed by atoms with Gasteiger partial charge >= 0.3 is 0 Å². The fourth-order valence-electron chi connectivity index (χ4n) is 3.19. The van der Waals surface area contributed by atoms with Crippen LogP contribution < -0.4 is 15.4 Å². The zero-order valence-corrected chi connectivity index (χ0v) is 15.8. The molecule has 2 N–H and O–H groups in total. The van der Waals surface area contributed by atoms with Crippen LogP contribution in [0.5, 0.6) is 5.75 Å². The first-order valence-corrected chi connectivity index (χ1v) is 9.66. The van der Waals surface area contributed by atoms with E-state index in [-0.39, 0.29) is 0 Å². The Kier molecular flexibility index (Phi) is 9.19. The third kappa shape index (κ3) is 7.78. The molecule has 1 aliphatic rings. The topological polar surface area (TPSA) is 48.9 Å². The molecule has 0 saturated carbocycles. The summed E-state index contributed by atoms with van der Waals surface area (Å²) < 4.78 is 5.70. The Balaban J connectivity index is 1.51. The number of rotatable bonds is 9. The van der Waals surface area contributed by atoms with Crippen molar-refractivity contribution in [3.8, 4) is 5.75 Å². The smallest absolute Gasteiger partial charge is 0.190 e. The summed E-state index contributed by atoms with van der Waals surface area (Å²) in [6.07, 6.45) is 4.84. The first-order valence-electron chi connectivity index (χ1n) is 9.66. The molecular weight excluding hydrogens is 312 g/mol. The average Bonchev–Trinajstić information content (AvgIpc) is 2.67. The highest BCUT2D eigenvalue weighted by Crippen LogP contribution is 2.19. The molecule has 1 aromatic rings. The second-order valence-electron chi connectivity index (χ2n) is 6.61. The molecule has 1 aromatic carbocycles. The van der Waals surface area contributed by atoms with E-state index in [1.54, 1.807) is 0 Å². The highest BCUT2D eigenvalue weighted by molar-refractivity contribution is 5.79. The number of guanidine groups is 1. The number of nitrogens with zero attached hydrogens (tertiary/aromatic N) is 2. The fraction of sp³-hybridized carbons (Fsp3) is 0.650. The number of benzene rings is 1. The summed E-state index contributed by atoms with van der Waals surface area (Å²) in [6.45, 7) is 8.53. The van der Waals surface area contributed by atoms with Gasteiger partial charge in [-0.15, -0.1) is 0 Å². The maximum Gasteiger partial charge on any atom is 0.190 e. The molecule has 0 spiro atoms. The van der Waals surface area contributed by atoms with E-state index in [0.717, 1.165) is 37.1 Å². The van der Waals surface area contributed by atoms with Crippen LogP contribution in [-0.2, 0) is 0 Å². The molecule has 1 aliphatic heterocycles. The van der Waals surface area contributed by atoms with Gasteiger partial charge in [-0.2, -0.15) is 0 Å². The second-order valence-corrected chi connectivity index (χ2v) is 6.61. The number of hydrogen-bond acceptors (Lipinski definition) is 3. The van der Waals surface area contributed by atoms with Crippen LogP contribution in [0, 0.1) is 5.92 Å². The Morgan fingerprint density at radius 3 is 2.56 bits per heavy atom. The summed E-state index contributed by atoms with van der Waals surface area (Å²) in [5.74, 6) is 2.68. The summed E-state index contributed by atoms with van der Waals surface area (Å²) >= 11 is 0. The molecular formula is C20H34N4O. The van der Waals surface area contributed by atoms with Crippen molar-refractivity contribution in [2.45, 2.75) is 32.6 Å². The van der Waals surface area contributed by atoms with Gasteiger partial charge in [-0.3, -0.25) is 4.99 Å². The van der Waals surface area contributed by atoms with Crippen LogP contribution in [0.15, 0.2) is 35.3 Å². The van der Waals surface area contributed by atoms with Crippen molar-refractivity contribution in [3.05, 3.63) is 30.3 Å². The van der Waals surface area contributed by atoms with E-state index in [1.165, 1.54) is 38.9 Å². The zero-order chi connectivity index (χ0) is 17.7. The van der Waals surface area contributed by atoms with Crippen molar-refractivity contribution in [1.29, 1.82) is 0 Å². The minimum atomic E-state index is 0.712.